The van der Waals surface area contributed by atoms with Gasteiger partial charge in [-0.3, -0.25) is 4.79 Å². The monoisotopic (exact) mass is 484 g/mol. The lowest BCUT2D eigenvalue weighted by Gasteiger charge is -2.43. The van der Waals surface area contributed by atoms with Crippen LogP contribution in [0.5, 0.6) is 11.5 Å². The number of aliphatic hydroxyl groups excluding tert-OH is 1. The highest BCUT2D eigenvalue weighted by atomic mass is 16.5. The second kappa shape index (κ2) is 13.0. The number of carbonyl (C=O) groups is 1. The lowest BCUT2D eigenvalue weighted by Crippen LogP contribution is -2.49. The van der Waals surface area contributed by atoms with Gasteiger partial charge in [-0.1, -0.05) is 36.4 Å². The standard InChI is InChI=1S/C28H40N2O5/c1-21-10-3-5-13-25(21)35-26-14-6-4-12-24(26)28(33,15-7-8-17-34-2)22-11-9-16-30(20-22)27(32)18-23(31)19-29/h3-6,10,12-14,22-23,31,33H,7-9,11,15-20,29H2,1-2H3/t22?,23?,28-/m0/s1. The van der Waals surface area contributed by atoms with Crippen LogP contribution in [0.2, 0.25) is 0 Å². The van der Waals surface area contributed by atoms with E-state index < -0.39 is 11.7 Å². The van der Waals surface area contributed by atoms with Crippen molar-refractivity contribution < 1.29 is 24.5 Å². The third kappa shape index (κ3) is 7.04. The van der Waals surface area contributed by atoms with Crippen LogP contribution in [0.1, 0.15) is 49.7 Å². The molecule has 1 aliphatic rings. The van der Waals surface area contributed by atoms with Crippen LogP contribution < -0.4 is 10.5 Å². The smallest absolute Gasteiger partial charge is 0.225 e. The Morgan fingerprint density at radius 2 is 1.89 bits per heavy atom. The van der Waals surface area contributed by atoms with Gasteiger partial charge in [-0.15, -0.1) is 0 Å². The Bertz CT molecular complexity index is 952. The number of amides is 1. The van der Waals surface area contributed by atoms with E-state index >= 15 is 0 Å². The summed E-state index contributed by atoms with van der Waals surface area (Å²) in [6.45, 7) is 3.72. The van der Waals surface area contributed by atoms with Gasteiger partial charge in [0.25, 0.3) is 0 Å². The number of nitrogens with zero attached hydrogens (tertiary/aromatic N) is 1. The molecule has 1 aliphatic heterocycles. The number of hydrogen-bond acceptors (Lipinski definition) is 6. The molecule has 0 saturated carbocycles. The molecule has 0 aliphatic carbocycles. The normalized spacial score (nSPS) is 18.7. The highest BCUT2D eigenvalue weighted by Gasteiger charge is 2.43. The third-order valence-electron chi connectivity index (χ3n) is 6.96. The van der Waals surface area contributed by atoms with E-state index in [0.717, 1.165) is 42.6 Å². The Labute approximate surface area is 208 Å². The van der Waals surface area contributed by atoms with E-state index in [9.17, 15) is 15.0 Å². The molecule has 0 bridgehead atoms. The molecule has 2 aromatic rings. The van der Waals surface area contributed by atoms with Gasteiger partial charge < -0.3 is 30.3 Å². The fraction of sp³-hybridized carbons (Fsp3) is 0.536. The lowest BCUT2D eigenvalue weighted by atomic mass is 9.73. The second-order valence-electron chi connectivity index (χ2n) is 9.51. The molecule has 35 heavy (non-hydrogen) atoms. The SMILES string of the molecule is COCCCC[C@@](O)(c1ccccc1Oc1ccccc1C)C1CCCN(C(=O)CC(O)CN)C1. The predicted octanol–water partition coefficient (Wildman–Crippen LogP) is 3.74. The Kier molecular flexibility index (Phi) is 10.1. The van der Waals surface area contributed by atoms with Crippen molar-refractivity contribution >= 4 is 5.91 Å². The quantitative estimate of drug-likeness (QED) is 0.397. The van der Waals surface area contributed by atoms with Crippen LogP contribution in [0.25, 0.3) is 0 Å². The number of hydrogen-bond donors (Lipinski definition) is 3. The fourth-order valence-corrected chi connectivity index (χ4v) is 4.91. The van der Waals surface area contributed by atoms with E-state index in [2.05, 4.69) is 0 Å². The maximum absolute atomic E-state index is 12.8. The van der Waals surface area contributed by atoms with E-state index in [1.54, 1.807) is 12.0 Å². The molecule has 0 aromatic heterocycles. The zero-order valence-corrected chi connectivity index (χ0v) is 21.0. The number of methoxy groups -OCH3 is 1. The first-order chi connectivity index (χ1) is 16.9. The van der Waals surface area contributed by atoms with Gasteiger partial charge in [0.2, 0.25) is 5.91 Å². The van der Waals surface area contributed by atoms with Crippen LogP contribution >= 0.6 is 0 Å². The zero-order valence-electron chi connectivity index (χ0n) is 21.0. The number of nitrogens with two attached hydrogens (primary N) is 1. The maximum Gasteiger partial charge on any atom is 0.225 e. The first-order valence-corrected chi connectivity index (χ1v) is 12.6. The summed E-state index contributed by atoms with van der Waals surface area (Å²) in [4.78, 5) is 14.6. The number of aryl methyl sites for hydroxylation is 1. The molecule has 1 amide bonds. The fourth-order valence-electron chi connectivity index (χ4n) is 4.91. The van der Waals surface area contributed by atoms with Gasteiger partial charge in [0.05, 0.1) is 18.1 Å². The molecule has 2 unspecified atom stereocenters. The molecule has 1 fully saturated rings. The number of likely N-dealkylation sites (tertiary alicyclic amines) is 1. The van der Waals surface area contributed by atoms with Crippen LogP contribution in [0.4, 0.5) is 0 Å². The van der Waals surface area contributed by atoms with E-state index in [4.69, 9.17) is 15.2 Å². The predicted molar refractivity (Wildman–Crippen MR) is 136 cm³/mol. The Hall–Kier alpha value is -2.45. The summed E-state index contributed by atoms with van der Waals surface area (Å²) in [5, 5.41) is 22.2. The molecule has 3 rings (SSSR count). The van der Waals surface area contributed by atoms with E-state index in [0.29, 0.717) is 31.9 Å². The molecule has 0 spiro atoms. The number of aliphatic hydroxyl groups is 2. The molecule has 3 atom stereocenters. The molecule has 2 aromatic carbocycles. The molecular weight excluding hydrogens is 444 g/mol. The van der Waals surface area contributed by atoms with E-state index in [1.807, 2.05) is 55.5 Å². The number of unbranched alkanes of at least 4 members (excludes halogenated alkanes) is 1. The van der Waals surface area contributed by atoms with Crippen LogP contribution in [-0.2, 0) is 15.1 Å². The van der Waals surface area contributed by atoms with Gasteiger partial charge in [0, 0.05) is 44.8 Å². The van der Waals surface area contributed by atoms with Gasteiger partial charge in [-0.2, -0.15) is 0 Å². The number of para-hydroxylation sites is 2. The minimum absolute atomic E-state index is 0.00245. The number of carbonyl (C=O) groups excluding carboxylic acids is 1. The Balaban J connectivity index is 1.91. The largest absolute Gasteiger partial charge is 0.457 e. The van der Waals surface area contributed by atoms with Gasteiger partial charge in [0.15, 0.2) is 0 Å². The number of ether oxygens (including phenoxy) is 2. The van der Waals surface area contributed by atoms with Crippen molar-refractivity contribution in [2.24, 2.45) is 11.7 Å². The summed E-state index contributed by atoms with van der Waals surface area (Å²) < 4.78 is 11.6. The van der Waals surface area contributed by atoms with Gasteiger partial charge in [0.1, 0.15) is 11.5 Å². The third-order valence-corrected chi connectivity index (χ3v) is 6.96. The summed E-state index contributed by atoms with van der Waals surface area (Å²) in [6.07, 6.45) is 2.88. The van der Waals surface area contributed by atoms with Gasteiger partial charge in [-0.05, 0) is 56.7 Å². The summed E-state index contributed by atoms with van der Waals surface area (Å²) in [5.41, 5.74) is 6.08. The van der Waals surface area contributed by atoms with Gasteiger partial charge in [-0.25, -0.2) is 0 Å². The molecule has 192 valence electrons. The van der Waals surface area contributed by atoms with Crippen LogP contribution in [0, 0.1) is 12.8 Å². The summed E-state index contributed by atoms with van der Waals surface area (Å²) in [5.74, 6) is 1.08. The first-order valence-electron chi connectivity index (χ1n) is 12.6. The van der Waals surface area contributed by atoms with Crippen LogP contribution in [-0.4, -0.2) is 60.5 Å². The lowest BCUT2D eigenvalue weighted by molar-refractivity contribution is -0.138. The number of piperidine rings is 1. The van der Waals surface area contributed by atoms with Crippen molar-refractivity contribution in [2.75, 3.05) is 33.4 Å². The van der Waals surface area contributed by atoms with Crippen molar-refractivity contribution in [1.82, 2.24) is 4.90 Å². The molecular formula is C28H40N2O5. The minimum atomic E-state index is -1.18. The maximum atomic E-state index is 12.8. The molecule has 7 heteroatoms. The van der Waals surface area contributed by atoms with Crippen molar-refractivity contribution in [3.05, 3.63) is 59.7 Å². The Morgan fingerprint density at radius 3 is 2.60 bits per heavy atom. The molecule has 0 radical (unpaired) electrons. The van der Waals surface area contributed by atoms with Gasteiger partial charge >= 0.3 is 0 Å². The molecule has 4 N–H and O–H groups in total. The average Bonchev–Trinajstić information content (AvgIpc) is 2.88. The molecule has 1 saturated heterocycles. The van der Waals surface area contributed by atoms with Crippen LogP contribution in [0.15, 0.2) is 48.5 Å². The van der Waals surface area contributed by atoms with Crippen molar-refractivity contribution in [2.45, 2.75) is 57.2 Å². The van der Waals surface area contributed by atoms with Crippen molar-refractivity contribution in [1.29, 1.82) is 0 Å². The highest BCUT2D eigenvalue weighted by Crippen LogP contribution is 2.44. The Morgan fingerprint density at radius 1 is 1.17 bits per heavy atom. The first kappa shape index (κ1) is 27.1. The van der Waals surface area contributed by atoms with Crippen molar-refractivity contribution in [3.63, 3.8) is 0 Å². The minimum Gasteiger partial charge on any atom is -0.457 e. The molecule has 7 nitrogen and oxygen atoms in total. The van der Waals surface area contributed by atoms with E-state index in [-0.39, 0.29) is 24.8 Å². The number of benzene rings is 2. The zero-order chi connectivity index (χ0) is 25.3. The average molecular weight is 485 g/mol. The number of rotatable bonds is 12. The highest BCUT2D eigenvalue weighted by molar-refractivity contribution is 5.76. The van der Waals surface area contributed by atoms with Crippen LogP contribution in [0.3, 0.4) is 0 Å². The summed E-state index contributed by atoms with van der Waals surface area (Å²) >= 11 is 0. The molecule has 1 heterocycles. The summed E-state index contributed by atoms with van der Waals surface area (Å²) in [7, 11) is 1.68. The topological polar surface area (TPSA) is 105 Å². The summed E-state index contributed by atoms with van der Waals surface area (Å²) in [6, 6.07) is 15.5. The van der Waals surface area contributed by atoms with E-state index in [1.165, 1.54) is 0 Å². The second-order valence-corrected chi connectivity index (χ2v) is 9.51. The van der Waals surface area contributed by atoms with Crippen molar-refractivity contribution in [3.8, 4) is 11.5 Å².